The summed E-state index contributed by atoms with van der Waals surface area (Å²) < 4.78 is 0. The van der Waals surface area contributed by atoms with Crippen LogP contribution in [0.25, 0.3) is 0 Å². The van der Waals surface area contributed by atoms with Gasteiger partial charge in [0.05, 0.1) is 0 Å². The molecule has 2 rings (SSSR count). The van der Waals surface area contributed by atoms with E-state index < -0.39 is 0 Å². The Bertz CT molecular complexity index is 249. The van der Waals surface area contributed by atoms with Crippen molar-refractivity contribution in [3.63, 3.8) is 0 Å². The molecule has 3 heteroatoms. The van der Waals surface area contributed by atoms with Crippen LogP contribution >= 0.6 is 0 Å². The molecule has 1 saturated carbocycles. The molecule has 0 spiro atoms. The van der Waals surface area contributed by atoms with Crippen LogP contribution in [0.3, 0.4) is 0 Å². The molecule has 0 aromatic rings. The zero-order valence-corrected chi connectivity index (χ0v) is 11.1. The molecule has 3 nitrogen and oxygen atoms in total. The van der Waals surface area contributed by atoms with Crippen LogP contribution < -0.4 is 5.32 Å². The van der Waals surface area contributed by atoms with Crippen LogP contribution in [0.5, 0.6) is 0 Å². The van der Waals surface area contributed by atoms with Gasteiger partial charge in [-0.3, -0.25) is 4.79 Å². The average molecular weight is 238 g/mol. The van der Waals surface area contributed by atoms with Crippen molar-refractivity contribution >= 4 is 5.91 Å². The molecule has 1 saturated heterocycles. The molecule has 1 aliphatic carbocycles. The molecule has 2 aliphatic rings. The van der Waals surface area contributed by atoms with E-state index in [2.05, 4.69) is 12.2 Å². The summed E-state index contributed by atoms with van der Waals surface area (Å²) in [5, 5.41) is 3.38. The van der Waals surface area contributed by atoms with E-state index in [4.69, 9.17) is 0 Å². The van der Waals surface area contributed by atoms with Gasteiger partial charge in [-0.1, -0.05) is 32.1 Å². The maximum absolute atomic E-state index is 12.1. The molecule has 1 aliphatic heterocycles. The summed E-state index contributed by atoms with van der Waals surface area (Å²) in [6.45, 7) is 4.90. The first-order chi connectivity index (χ1) is 8.25. The predicted molar refractivity (Wildman–Crippen MR) is 69.9 cm³/mol. The fourth-order valence-corrected chi connectivity index (χ4v) is 3.12. The lowest BCUT2D eigenvalue weighted by Gasteiger charge is -2.32. The molecule has 17 heavy (non-hydrogen) atoms. The Labute approximate surface area is 105 Å². The van der Waals surface area contributed by atoms with Crippen molar-refractivity contribution in [3.05, 3.63) is 0 Å². The van der Waals surface area contributed by atoms with Crippen molar-refractivity contribution < 1.29 is 4.79 Å². The van der Waals surface area contributed by atoms with Crippen LogP contribution in [0.1, 0.15) is 51.9 Å². The van der Waals surface area contributed by atoms with E-state index >= 15 is 0 Å². The maximum atomic E-state index is 12.1. The van der Waals surface area contributed by atoms with E-state index in [0.717, 1.165) is 38.4 Å². The second-order valence-electron chi connectivity index (χ2n) is 5.74. The fraction of sp³-hybridized carbons (Fsp3) is 0.929. The van der Waals surface area contributed by atoms with Gasteiger partial charge in [-0.05, 0) is 19.3 Å². The van der Waals surface area contributed by atoms with Crippen LogP contribution in [0, 0.1) is 5.92 Å². The minimum Gasteiger partial charge on any atom is -0.340 e. The van der Waals surface area contributed by atoms with Crippen molar-refractivity contribution in [2.75, 3.05) is 19.6 Å². The minimum absolute atomic E-state index is 0.379. The summed E-state index contributed by atoms with van der Waals surface area (Å²) >= 11 is 0. The van der Waals surface area contributed by atoms with Crippen LogP contribution in [0.4, 0.5) is 0 Å². The average Bonchev–Trinajstić information content (AvgIpc) is 2.37. The summed E-state index contributed by atoms with van der Waals surface area (Å²) in [5.74, 6) is 1.21. The lowest BCUT2D eigenvalue weighted by atomic mass is 9.86. The summed E-state index contributed by atoms with van der Waals surface area (Å²) in [6, 6.07) is 0.461. The number of hydrogen-bond acceptors (Lipinski definition) is 2. The molecular formula is C14H26N2O. The summed E-state index contributed by atoms with van der Waals surface area (Å²) in [7, 11) is 0. The topological polar surface area (TPSA) is 32.3 Å². The number of rotatable bonds is 3. The summed E-state index contributed by atoms with van der Waals surface area (Å²) in [5.41, 5.74) is 0. The first kappa shape index (κ1) is 12.9. The largest absolute Gasteiger partial charge is 0.340 e. The van der Waals surface area contributed by atoms with Crippen LogP contribution in [0.2, 0.25) is 0 Å². The van der Waals surface area contributed by atoms with Gasteiger partial charge in [0.2, 0.25) is 5.91 Å². The first-order valence-corrected chi connectivity index (χ1v) is 7.27. The predicted octanol–water partition coefficient (Wildman–Crippen LogP) is 2.17. The number of nitrogens with one attached hydrogen (secondary N) is 1. The van der Waals surface area contributed by atoms with Gasteiger partial charge in [0, 0.05) is 32.1 Å². The smallest absolute Gasteiger partial charge is 0.222 e. The number of carbonyl (C=O) groups excluding carboxylic acids is 1. The molecule has 0 aromatic carbocycles. The van der Waals surface area contributed by atoms with Gasteiger partial charge in [0.1, 0.15) is 0 Å². The Morgan fingerprint density at radius 1 is 1.29 bits per heavy atom. The van der Waals surface area contributed by atoms with Crippen LogP contribution in [0.15, 0.2) is 0 Å². The van der Waals surface area contributed by atoms with E-state index in [1.54, 1.807) is 0 Å². The standard InChI is InChI=1S/C14H26N2O/c1-12-11-16(10-9-15-12)14(17)8-7-13-5-3-2-4-6-13/h12-13,15H,2-11H2,1H3/t12-/m1/s1. The SMILES string of the molecule is C[C@@H]1CN(C(=O)CCC2CCCCC2)CCN1. The molecule has 0 aromatic heterocycles. The molecule has 2 fully saturated rings. The van der Waals surface area contributed by atoms with E-state index in [0.29, 0.717) is 11.9 Å². The molecule has 1 atom stereocenters. The lowest BCUT2D eigenvalue weighted by Crippen LogP contribution is -2.51. The Morgan fingerprint density at radius 2 is 2.06 bits per heavy atom. The molecule has 0 radical (unpaired) electrons. The molecular weight excluding hydrogens is 212 g/mol. The third-order valence-electron chi connectivity index (χ3n) is 4.21. The number of piperazine rings is 1. The van der Waals surface area contributed by atoms with Gasteiger partial charge < -0.3 is 10.2 Å². The van der Waals surface area contributed by atoms with E-state index in [-0.39, 0.29) is 0 Å². The zero-order chi connectivity index (χ0) is 12.1. The zero-order valence-electron chi connectivity index (χ0n) is 11.1. The van der Waals surface area contributed by atoms with Crippen molar-refractivity contribution in [3.8, 4) is 0 Å². The van der Waals surface area contributed by atoms with E-state index in [1.165, 1.54) is 32.1 Å². The highest BCUT2D eigenvalue weighted by atomic mass is 16.2. The van der Waals surface area contributed by atoms with E-state index in [1.807, 2.05) is 4.90 Å². The van der Waals surface area contributed by atoms with Crippen LogP contribution in [-0.2, 0) is 4.79 Å². The fourth-order valence-electron chi connectivity index (χ4n) is 3.12. The van der Waals surface area contributed by atoms with Gasteiger partial charge in [-0.25, -0.2) is 0 Å². The molecule has 1 amide bonds. The Morgan fingerprint density at radius 3 is 2.76 bits per heavy atom. The Hall–Kier alpha value is -0.570. The van der Waals surface area contributed by atoms with Crippen LogP contribution in [-0.4, -0.2) is 36.5 Å². The van der Waals surface area contributed by atoms with E-state index in [9.17, 15) is 4.79 Å². The third-order valence-corrected chi connectivity index (χ3v) is 4.21. The van der Waals surface area contributed by atoms with Crippen molar-refractivity contribution in [2.45, 2.75) is 57.9 Å². The van der Waals surface area contributed by atoms with Crippen molar-refractivity contribution in [1.29, 1.82) is 0 Å². The number of amides is 1. The molecule has 0 bridgehead atoms. The second kappa shape index (κ2) is 6.39. The van der Waals surface area contributed by atoms with Gasteiger partial charge in [0.15, 0.2) is 0 Å². The number of carbonyl (C=O) groups is 1. The van der Waals surface area contributed by atoms with Crippen molar-refractivity contribution in [2.24, 2.45) is 5.92 Å². The number of hydrogen-bond donors (Lipinski definition) is 1. The monoisotopic (exact) mass is 238 g/mol. The first-order valence-electron chi connectivity index (χ1n) is 7.27. The van der Waals surface area contributed by atoms with Gasteiger partial charge in [-0.2, -0.15) is 0 Å². The Balaban J connectivity index is 1.69. The normalized spacial score (nSPS) is 27.1. The van der Waals surface area contributed by atoms with Crippen molar-refractivity contribution in [1.82, 2.24) is 10.2 Å². The summed E-state index contributed by atoms with van der Waals surface area (Å²) in [4.78, 5) is 14.1. The second-order valence-corrected chi connectivity index (χ2v) is 5.74. The quantitative estimate of drug-likeness (QED) is 0.817. The Kier molecular flexibility index (Phi) is 4.84. The molecule has 1 N–H and O–H groups in total. The van der Waals surface area contributed by atoms with Gasteiger partial charge in [0.25, 0.3) is 0 Å². The third kappa shape index (κ3) is 3.98. The highest BCUT2D eigenvalue weighted by molar-refractivity contribution is 5.76. The minimum atomic E-state index is 0.379. The van der Waals surface area contributed by atoms with Gasteiger partial charge in [-0.15, -0.1) is 0 Å². The molecule has 98 valence electrons. The van der Waals surface area contributed by atoms with Gasteiger partial charge >= 0.3 is 0 Å². The summed E-state index contributed by atoms with van der Waals surface area (Å²) in [6.07, 6.45) is 8.76. The molecule has 1 heterocycles. The number of nitrogens with zero attached hydrogens (tertiary/aromatic N) is 1. The highest BCUT2D eigenvalue weighted by Crippen LogP contribution is 2.27. The highest BCUT2D eigenvalue weighted by Gasteiger charge is 2.21. The maximum Gasteiger partial charge on any atom is 0.222 e. The lowest BCUT2D eigenvalue weighted by molar-refractivity contribution is -0.132. The molecule has 0 unspecified atom stereocenters.